The Kier molecular flexibility index (Phi) is 5.45. The summed E-state index contributed by atoms with van der Waals surface area (Å²) in [7, 11) is 5.10. The second-order valence-corrected chi connectivity index (χ2v) is 4.30. The zero-order valence-electron chi connectivity index (χ0n) is 11.1. The van der Waals surface area contributed by atoms with Crippen LogP contribution in [0.4, 0.5) is 5.69 Å². The van der Waals surface area contributed by atoms with Crippen LogP contribution in [0.5, 0.6) is 5.75 Å². The highest BCUT2D eigenvalue weighted by Gasteiger charge is 2.13. The molecular weight excluding hydrogens is 230 g/mol. The van der Waals surface area contributed by atoms with E-state index in [4.69, 9.17) is 10.5 Å². The van der Waals surface area contributed by atoms with E-state index in [1.807, 2.05) is 24.3 Å². The molecule has 0 aliphatic rings. The molecule has 0 radical (unpaired) electrons. The van der Waals surface area contributed by atoms with E-state index in [1.54, 1.807) is 26.1 Å². The van der Waals surface area contributed by atoms with Crippen LogP contribution in [0.1, 0.15) is 6.42 Å². The van der Waals surface area contributed by atoms with Crippen molar-refractivity contribution < 1.29 is 9.53 Å². The van der Waals surface area contributed by atoms with E-state index in [2.05, 4.69) is 5.32 Å². The van der Waals surface area contributed by atoms with Gasteiger partial charge in [0.05, 0.1) is 7.11 Å². The first kappa shape index (κ1) is 14.3. The molecule has 0 bridgehead atoms. The van der Waals surface area contributed by atoms with Crippen LogP contribution in [0.15, 0.2) is 24.3 Å². The summed E-state index contributed by atoms with van der Waals surface area (Å²) in [5.41, 5.74) is 6.60. The molecule has 18 heavy (non-hydrogen) atoms. The third-order valence-corrected chi connectivity index (χ3v) is 2.67. The Morgan fingerprint density at radius 2 is 2.00 bits per heavy atom. The first-order chi connectivity index (χ1) is 8.56. The number of hydrogen-bond acceptors (Lipinski definition) is 4. The number of nitrogens with one attached hydrogen (secondary N) is 1. The molecule has 0 saturated carbocycles. The van der Waals surface area contributed by atoms with E-state index in [1.165, 1.54) is 0 Å². The standard InChI is InChI=1S/C13H21N3O2/c1-16(2)13(17)8-11(9-14)15-10-4-6-12(18-3)7-5-10/h4-7,11,15H,8-9,14H2,1-3H3. The SMILES string of the molecule is COc1ccc(NC(CN)CC(=O)N(C)C)cc1. The molecule has 0 heterocycles. The maximum atomic E-state index is 11.6. The smallest absolute Gasteiger partial charge is 0.224 e. The van der Waals surface area contributed by atoms with E-state index in [9.17, 15) is 4.79 Å². The maximum absolute atomic E-state index is 11.6. The zero-order valence-corrected chi connectivity index (χ0v) is 11.1. The highest BCUT2D eigenvalue weighted by atomic mass is 16.5. The van der Waals surface area contributed by atoms with E-state index >= 15 is 0 Å². The molecule has 0 spiro atoms. The minimum atomic E-state index is -0.0618. The van der Waals surface area contributed by atoms with Crippen LogP contribution in [0.2, 0.25) is 0 Å². The minimum Gasteiger partial charge on any atom is -0.497 e. The van der Waals surface area contributed by atoms with Crippen LogP contribution in [-0.4, -0.2) is 44.6 Å². The third kappa shape index (κ3) is 4.25. The molecule has 1 rings (SSSR count). The fourth-order valence-electron chi connectivity index (χ4n) is 1.51. The number of amides is 1. The highest BCUT2D eigenvalue weighted by molar-refractivity contribution is 5.76. The van der Waals surface area contributed by atoms with E-state index in [0.29, 0.717) is 13.0 Å². The topological polar surface area (TPSA) is 67.6 Å². The number of methoxy groups -OCH3 is 1. The van der Waals surface area contributed by atoms with Crippen LogP contribution in [-0.2, 0) is 4.79 Å². The lowest BCUT2D eigenvalue weighted by Gasteiger charge is -2.20. The summed E-state index contributed by atoms with van der Waals surface area (Å²) in [4.78, 5) is 13.2. The Morgan fingerprint density at radius 3 is 2.44 bits per heavy atom. The van der Waals surface area contributed by atoms with Gasteiger partial charge in [0, 0.05) is 38.8 Å². The predicted octanol–water partition coefficient (Wildman–Crippen LogP) is 0.913. The average molecular weight is 251 g/mol. The number of anilines is 1. The van der Waals surface area contributed by atoms with Crippen molar-refractivity contribution in [1.82, 2.24) is 4.90 Å². The van der Waals surface area contributed by atoms with Crippen LogP contribution in [0, 0.1) is 0 Å². The van der Waals surface area contributed by atoms with Crippen molar-refractivity contribution in [3.63, 3.8) is 0 Å². The normalized spacial score (nSPS) is 11.8. The molecule has 100 valence electrons. The largest absolute Gasteiger partial charge is 0.497 e. The summed E-state index contributed by atoms with van der Waals surface area (Å²) in [6.07, 6.45) is 0.384. The molecule has 1 aromatic rings. The molecule has 0 aliphatic carbocycles. The van der Waals surface area contributed by atoms with E-state index in [0.717, 1.165) is 11.4 Å². The Morgan fingerprint density at radius 1 is 1.39 bits per heavy atom. The first-order valence-corrected chi connectivity index (χ1v) is 5.87. The molecule has 3 N–H and O–H groups in total. The van der Waals surface area contributed by atoms with Crippen molar-refractivity contribution in [1.29, 1.82) is 0 Å². The molecule has 1 aromatic carbocycles. The molecule has 1 amide bonds. The van der Waals surface area contributed by atoms with Gasteiger partial charge in [-0.15, -0.1) is 0 Å². The Bertz CT molecular complexity index is 376. The second kappa shape index (κ2) is 6.86. The van der Waals surface area contributed by atoms with Crippen LogP contribution >= 0.6 is 0 Å². The van der Waals surface area contributed by atoms with Crippen molar-refractivity contribution in [3.05, 3.63) is 24.3 Å². The predicted molar refractivity (Wildman–Crippen MR) is 72.8 cm³/mol. The summed E-state index contributed by atoms with van der Waals surface area (Å²) >= 11 is 0. The molecule has 0 saturated heterocycles. The Hall–Kier alpha value is -1.75. The van der Waals surface area contributed by atoms with Gasteiger partial charge in [0.25, 0.3) is 0 Å². The fourth-order valence-corrected chi connectivity index (χ4v) is 1.51. The average Bonchev–Trinajstić information content (AvgIpc) is 2.38. The summed E-state index contributed by atoms with van der Waals surface area (Å²) < 4.78 is 5.08. The molecule has 0 fully saturated rings. The van der Waals surface area contributed by atoms with E-state index < -0.39 is 0 Å². The number of ether oxygens (including phenoxy) is 1. The van der Waals surface area contributed by atoms with Crippen molar-refractivity contribution in [2.75, 3.05) is 33.1 Å². The maximum Gasteiger partial charge on any atom is 0.224 e. The fraction of sp³-hybridized carbons (Fsp3) is 0.462. The summed E-state index contributed by atoms with van der Waals surface area (Å²) in [6.45, 7) is 0.408. The van der Waals surface area contributed by atoms with E-state index in [-0.39, 0.29) is 11.9 Å². The molecule has 0 aliphatic heterocycles. The third-order valence-electron chi connectivity index (χ3n) is 2.67. The quantitative estimate of drug-likeness (QED) is 0.788. The number of hydrogen-bond donors (Lipinski definition) is 2. The second-order valence-electron chi connectivity index (χ2n) is 4.30. The first-order valence-electron chi connectivity index (χ1n) is 5.87. The van der Waals surface area contributed by atoms with Gasteiger partial charge in [-0.05, 0) is 24.3 Å². The molecule has 1 atom stereocenters. The van der Waals surface area contributed by atoms with Gasteiger partial charge in [0.2, 0.25) is 5.91 Å². The lowest BCUT2D eigenvalue weighted by Crippen LogP contribution is -2.35. The number of benzene rings is 1. The molecule has 5 nitrogen and oxygen atoms in total. The van der Waals surface area contributed by atoms with Gasteiger partial charge in [-0.2, -0.15) is 0 Å². The van der Waals surface area contributed by atoms with Gasteiger partial charge in [-0.3, -0.25) is 4.79 Å². The molecular formula is C13H21N3O2. The Labute approximate surface area is 108 Å². The Balaban J connectivity index is 2.59. The van der Waals surface area contributed by atoms with Crippen molar-refractivity contribution >= 4 is 11.6 Å². The highest BCUT2D eigenvalue weighted by Crippen LogP contribution is 2.16. The monoisotopic (exact) mass is 251 g/mol. The van der Waals surface area contributed by atoms with Gasteiger partial charge in [-0.25, -0.2) is 0 Å². The number of nitrogens with two attached hydrogens (primary N) is 1. The van der Waals surface area contributed by atoms with Crippen LogP contribution < -0.4 is 15.8 Å². The van der Waals surface area contributed by atoms with Crippen LogP contribution in [0.3, 0.4) is 0 Å². The van der Waals surface area contributed by atoms with Crippen LogP contribution in [0.25, 0.3) is 0 Å². The molecule has 1 unspecified atom stereocenters. The van der Waals surface area contributed by atoms with Crippen molar-refractivity contribution in [2.24, 2.45) is 5.73 Å². The summed E-state index contributed by atoms with van der Waals surface area (Å²) in [5.74, 6) is 0.862. The number of carbonyl (C=O) groups is 1. The van der Waals surface area contributed by atoms with Gasteiger partial charge >= 0.3 is 0 Å². The lowest BCUT2D eigenvalue weighted by atomic mass is 10.1. The van der Waals surface area contributed by atoms with Gasteiger partial charge in [-0.1, -0.05) is 0 Å². The van der Waals surface area contributed by atoms with Crippen molar-refractivity contribution in [2.45, 2.75) is 12.5 Å². The lowest BCUT2D eigenvalue weighted by molar-refractivity contribution is -0.128. The number of rotatable bonds is 6. The molecule has 0 aromatic heterocycles. The minimum absolute atomic E-state index is 0.0615. The van der Waals surface area contributed by atoms with Gasteiger partial charge < -0.3 is 20.7 Å². The van der Waals surface area contributed by atoms with Gasteiger partial charge in [0.15, 0.2) is 0 Å². The summed E-state index contributed by atoms with van der Waals surface area (Å²) in [6, 6.07) is 7.48. The number of carbonyl (C=O) groups excluding carboxylic acids is 1. The zero-order chi connectivity index (χ0) is 13.5. The number of nitrogens with zero attached hydrogens (tertiary/aromatic N) is 1. The van der Waals surface area contributed by atoms with Crippen molar-refractivity contribution in [3.8, 4) is 5.75 Å². The summed E-state index contributed by atoms with van der Waals surface area (Å²) in [5, 5.41) is 3.24. The molecule has 5 heteroatoms. The van der Waals surface area contributed by atoms with Gasteiger partial charge in [0.1, 0.15) is 5.75 Å².